The molecule has 15 heavy (non-hydrogen) atoms. The Kier molecular flexibility index (Phi) is 7.76. The molecule has 3 heteroatoms. The topological polar surface area (TPSA) is 0 Å². The molecule has 0 aromatic rings. The van der Waals surface area contributed by atoms with E-state index in [0.717, 1.165) is 5.92 Å². The van der Waals surface area contributed by atoms with Crippen LogP contribution in [0.25, 0.3) is 0 Å². The van der Waals surface area contributed by atoms with E-state index in [2.05, 4.69) is 13.0 Å². The third kappa shape index (κ3) is 3.72. The average molecular weight is 325 g/mol. The third-order valence-electron chi connectivity index (χ3n) is 3.46. The van der Waals surface area contributed by atoms with Crippen molar-refractivity contribution in [3.63, 3.8) is 0 Å². The van der Waals surface area contributed by atoms with Crippen LogP contribution in [0, 0.1) is 5.92 Å². The molecule has 0 radical (unpaired) electrons. The molecule has 1 saturated carbocycles. The first-order chi connectivity index (χ1) is 6.29. The van der Waals surface area contributed by atoms with Gasteiger partial charge in [0.2, 0.25) is 0 Å². The summed E-state index contributed by atoms with van der Waals surface area (Å²) < 4.78 is 1.69. The van der Waals surface area contributed by atoms with E-state index in [1.165, 1.54) is 38.5 Å². The molecule has 0 aromatic carbocycles. The summed E-state index contributed by atoms with van der Waals surface area (Å²) >= 11 is 1.63. The number of halogens is 2. The summed E-state index contributed by atoms with van der Waals surface area (Å²) in [5, 5.41) is 0. The first kappa shape index (κ1) is 15.9. The van der Waals surface area contributed by atoms with Crippen LogP contribution in [-0.4, -0.2) is 0 Å². The van der Waals surface area contributed by atoms with Gasteiger partial charge in [0.25, 0.3) is 0 Å². The Morgan fingerprint density at radius 2 is 1.73 bits per heavy atom. The second kappa shape index (κ2) is 7.30. The van der Waals surface area contributed by atoms with Gasteiger partial charge in [0.05, 0.1) is 0 Å². The maximum Gasteiger partial charge on any atom is -0.147 e. The van der Waals surface area contributed by atoms with Crippen molar-refractivity contribution in [2.24, 2.45) is 5.92 Å². The molecule has 0 heterocycles. The summed E-state index contributed by atoms with van der Waals surface area (Å²) in [6.07, 6.45) is 11.0. The summed E-state index contributed by atoms with van der Waals surface area (Å²) in [5.74, 6) is 0.923. The Hall–Kier alpha value is 0.943. The van der Waals surface area contributed by atoms with Crippen molar-refractivity contribution in [3.05, 3.63) is 20.5 Å². The van der Waals surface area contributed by atoms with Crippen LogP contribution in [-0.2, 0) is 24.7 Å². The molecule has 2 aliphatic rings. The first-order valence-electron chi connectivity index (χ1n) is 5.41. The van der Waals surface area contributed by atoms with Crippen molar-refractivity contribution in [2.75, 3.05) is 0 Å². The van der Waals surface area contributed by atoms with Crippen molar-refractivity contribution in [1.82, 2.24) is 0 Å². The molecule has 2 aliphatic carbocycles. The molecule has 0 saturated heterocycles. The van der Waals surface area contributed by atoms with Crippen molar-refractivity contribution >= 4 is 24.8 Å². The average Bonchev–Trinajstić information content (AvgIpc) is 2.49. The molecule has 0 unspecified atom stereocenters. The molecule has 0 aliphatic heterocycles. The maximum atomic E-state index is 2.50. The molecule has 0 N–H and O–H groups in total. The van der Waals surface area contributed by atoms with E-state index in [9.17, 15) is 0 Å². The molecule has 0 aromatic heterocycles. The molecule has 0 amide bonds. The van der Waals surface area contributed by atoms with Crippen LogP contribution in [0.15, 0.2) is 20.5 Å². The fraction of sp³-hybridized carbons (Fsp3) is 0.667. The zero-order valence-corrected chi connectivity index (χ0v) is 13.3. The molecule has 0 nitrogen and oxygen atoms in total. The number of rotatable bonds is 1. The van der Waals surface area contributed by atoms with Crippen LogP contribution in [0.5, 0.6) is 0 Å². The standard InChI is InChI=1S/C12H17.2ClH.Zr/c1-10-6-5-9-12(10)11-7-3-2-4-8-11;;;/h9,11H,2-5,7-8H2,1H3;2*1H;. The van der Waals surface area contributed by atoms with Crippen LogP contribution in [0.1, 0.15) is 45.4 Å². The normalized spacial score (nSPS) is 21.7. The minimum absolute atomic E-state index is 0. The zero-order chi connectivity index (χ0) is 9.26. The van der Waals surface area contributed by atoms with Crippen LogP contribution in [0.3, 0.4) is 0 Å². The third-order valence-corrected chi connectivity index (χ3v) is 4.88. The fourth-order valence-corrected chi connectivity index (χ4v) is 3.18. The SMILES string of the molecule is CC1=[C]([Zr])CC=C1C1CCCCC1.Cl.Cl. The number of hydrogen-bond donors (Lipinski definition) is 0. The molecule has 1 fully saturated rings. The second-order valence-corrected chi connectivity index (χ2v) is 5.79. The van der Waals surface area contributed by atoms with E-state index in [1.807, 2.05) is 0 Å². The van der Waals surface area contributed by atoms with Crippen molar-refractivity contribution in [1.29, 1.82) is 0 Å². The summed E-state index contributed by atoms with van der Waals surface area (Å²) in [6, 6.07) is 0. The van der Waals surface area contributed by atoms with Gasteiger partial charge in [-0.05, 0) is 0 Å². The van der Waals surface area contributed by atoms with E-state index in [4.69, 9.17) is 0 Å². The van der Waals surface area contributed by atoms with Crippen LogP contribution >= 0.6 is 24.8 Å². The predicted octanol–water partition coefficient (Wildman–Crippen LogP) is 4.56. The van der Waals surface area contributed by atoms with Crippen molar-refractivity contribution < 1.29 is 24.7 Å². The summed E-state index contributed by atoms with van der Waals surface area (Å²) in [5.41, 5.74) is 3.36. The minimum Gasteiger partial charge on any atom is -0.147 e. The quantitative estimate of drug-likeness (QED) is 0.663. The smallest absolute Gasteiger partial charge is 0.147 e. The van der Waals surface area contributed by atoms with E-state index in [-0.39, 0.29) is 24.8 Å². The van der Waals surface area contributed by atoms with E-state index >= 15 is 0 Å². The van der Waals surface area contributed by atoms with E-state index in [0.29, 0.717) is 0 Å². The van der Waals surface area contributed by atoms with Gasteiger partial charge in [0.1, 0.15) is 0 Å². The Labute approximate surface area is 121 Å². The van der Waals surface area contributed by atoms with Gasteiger partial charge < -0.3 is 0 Å². The molecule has 85 valence electrons. The number of hydrogen-bond acceptors (Lipinski definition) is 0. The van der Waals surface area contributed by atoms with Crippen molar-refractivity contribution in [3.8, 4) is 0 Å². The van der Waals surface area contributed by atoms with Gasteiger partial charge >= 0.3 is 96.6 Å². The first-order valence-corrected chi connectivity index (χ1v) is 6.63. The van der Waals surface area contributed by atoms with Gasteiger partial charge in [-0.1, -0.05) is 0 Å². The molecule has 0 spiro atoms. The van der Waals surface area contributed by atoms with Gasteiger partial charge in [-0.3, -0.25) is 0 Å². The Morgan fingerprint density at radius 3 is 2.20 bits per heavy atom. The second-order valence-electron chi connectivity index (χ2n) is 4.30. The van der Waals surface area contributed by atoms with E-state index < -0.39 is 0 Å². The summed E-state index contributed by atoms with van der Waals surface area (Å²) in [7, 11) is 0. The largest absolute Gasteiger partial charge is 0.147 e. The zero-order valence-electron chi connectivity index (χ0n) is 9.21. The predicted molar refractivity (Wildman–Crippen MR) is 66.5 cm³/mol. The van der Waals surface area contributed by atoms with E-state index in [1.54, 1.807) is 39.1 Å². The molecular weight excluding hydrogens is 306 g/mol. The van der Waals surface area contributed by atoms with Gasteiger partial charge in [-0.15, -0.1) is 24.8 Å². The van der Waals surface area contributed by atoms with Gasteiger partial charge in [0, 0.05) is 0 Å². The van der Waals surface area contributed by atoms with Crippen LogP contribution < -0.4 is 0 Å². The molecule has 0 atom stereocenters. The van der Waals surface area contributed by atoms with Gasteiger partial charge in [-0.2, -0.15) is 0 Å². The van der Waals surface area contributed by atoms with Gasteiger partial charge in [0.15, 0.2) is 0 Å². The number of allylic oxidation sites excluding steroid dienone is 4. The Morgan fingerprint density at radius 1 is 1.13 bits per heavy atom. The molecular formula is C12H19Cl2Zr. The monoisotopic (exact) mass is 323 g/mol. The minimum atomic E-state index is 0. The Bertz CT molecular complexity index is 263. The van der Waals surface area contributed by atoms with Gasteiger partial charge in [-0.25, -0.2) is 0 Å². The summed E-state index contributed by atoms with van der Waals surface area (Å²) in [4.78, 5) is 0. The summed E-state index contributed by atoms with van der Waals surface area (Å²) in [6.45, 7) is 2.33. The van der Waals surface area contributed by atoms with Crippen LogP contribution in [0.4, 0.5) is 0 Å². The fourth-order valence-electron chi connectivity index (χ4n) is 2.58. The van der Waals surface area contributed by atoms with Crippen molar-refractivity contribution in [2.45, 2.75) is 45.4 Å². The Balaban J connectivity index is 0.000000980. The molecule has 2 rings (SSSR count). The molecule has 0 bridgehead atoms. The maximum absolute atomic E-state index is 2.50. The van der Waals surface area contributed by atoms with Crippen LogP contribution in [0.2, 0.25) is 0 Å².